The van der Waals surface area contributed by atoms with E-state index in [2.05, 4.69) is 20.6 Å². The predicted molar refractivity (Wildman–Crippen MR) is 78.9 cm³/mol. The molecule has 0 saturated carbocycles. The summed E-state index contributed by atoms with van der Waals surface area (Å²) in [5.74, 6) is -1.96. The Bertz CT molecular complexity index is 661. The number of carbonyl (C=O) groups excluding carboxylic acids is 1. The van der Waals surface area contributed by atoms with Crippen molar-refractivity contribution >= 4 is 17.5 Å². The fourth-order valence-corrected chi connectivity index (χ4v) is 1.62. The van der Waals surface area contributed by atoms with Gasteiger partial charge in [-0.05, 0) is 25.5 Å². The largest absolute Gasteiger partial charge is 0.350 e. The van der Waals surface area contributed by atoms with Gasteiger partial charge in [-0.25, -0.2) is 18.7 Å². The molecule has 1 unspecified atom stereocenters. The normalized spacial score (nSPS) is 11.8. The van der Waals surface area contributed by atoms with Gasteiger partial charge in [0.05, 0.1) is 5.56 Å². The summed E-state index contributed by atoms with van der Waals surface area (Å²) in [6.45, 7) is 3.87. The molecule has 0 aliphatic heterocycles. The van der Waals surface area contributed by atoms with Gasteiger partial charge in [-0.2, -0.15) is 0 Å². The molecule has 0 aliphatic carbocycles. The molecule has 1 aromatic heterocycles. The van der Waals surface area contributed by atoms with Crippen molar-refractivity contribution in [3.05, 3.63) is 47.8 Å². The lowest BCUT2D eigenvalue weighted by molar-refractivity contribution is 0.0938. The van der Waals surface area contributed by atoms with Crippen LogP contribution in [-0.2, 0) is 0 Å². The molecule has 22 heavy (non-hydrogen) atoms. The Morgan fingerprint density at radius 3 is 2.50 bits per heavy atom. The van der Waals surface area contributed by atoms with E-state index in [4.69, 9.17) is 0 Å². The van der Waals surface area contributed by atoms with Crippen LogP contribution in [0.5, 0.6) is 0 Å². The highest BCUT2D eigenvalue weighted by Crippen LogP contribution is 2.16. The van der Waals surface area contributed by atoms with Crippen LogP contribution in [0.1, 0.15) is 30.6 Å². The fourth-order valence-electron chi connectivity index (χ4n) is 1.62. The van der Waals surface area contributed by atoms with Crippen LogP contribution in [0.25, 0.3) is 0 Å². The number of hydrogen-bond acceptors (Lipinski definition) is 4. The number of carbonyl (C=O) groups is 1. The van der Waals surface area contributed by atoms with E-state index in [1.807, 2.05) is 13.8 Å². The van der Waals surface area contributed by atoms with Crippen molar-refractivity contribution in [2.24, 2.45) is 0 Å². The van der Waals surface area contributed by atoms with Crippen molar-refractivity contribution in [2.75, 3.05) is 5.32 Å². The fraction of sp³-hybridized carbons (Fsp3) is 0.267. The van der Waals surface area contributed by atoms with Crippen LogP contribution >= 0.6 is 0 Å². The summed E-state index contributed by atoms with van der Waals surface area (Å²) >= 11 is 0. The molecule has 5 nitrogen and oxygen atoms in total. The molecule has 1 aromatic carbocycles. The third-order valence-electron chi connectivity index (χ3n) is 3.08. The summed E-state index contributed by atoms with van der Waals surface area (Å²) in [4.78, 5) is 19.8. The van der Waals surface area contributed by atoms with E-state index >= 15 is 0 Å². The van der Waals surface area contributed by atoms with Crippen molar-refractivity contribution in [2.45, 2.75) is 26.3 Å². The molecule has 0 spiro atoms. The van der Waals surface area contributed by atoms with Crippen molar-refractivity contribution < 1.29 is 13.6 Å². The first-order valence-corrected chi connectivity index (χ1v) is 6.84. The molecule has 0 radical (unpaired) electrons. The Balaban J connectivity index is 2.05. The number of benzene rings is 1. The van der Waals surface area contributed by atoms with Gasteiger partial charge in [-0.3, -0.25) is 4.79 Å². The van der Waals surface area contributed by atoms with Gasteiger partial charge >= 0.3 is 0 Å². The van der Waals surface area contributed by atoms with E-state index in [0.29, 0.717) is 11.3 Å². The number of aromatic nitrogens is 2. The minimum atomic E-state index is -0.963. The maximum Gasteiger partial charge on any atom is 0.254 e. The summed E-state index contributed by atoms with van der Waals surface area (Å²) in [5.41, 5.74) is 0.645. The highest BCUT2D eigenvalue weighted by Gasteiger charge is 2.10. The average molecular weight is 306 g/mol. The van der Waals surface area contributed by atoms with Crippen LogP contribution in [0, 0.1) is 11.6 Å². The SMILES string of the molecule is CCC(C)NC(=O)c1cnc(Nc2ccc(F)c(F)c2)nc1. The molecule has 2 N–H and O–H groups in total. The Morgan fingerprint density at radius 2 is 1.91 bits per heavy atom. The molecule has 2 rings (SSSR count). The van der Waals surface area contributed by atoms with Gasteiger partial charge in [-0.1, -0.05) is 6.92 Å². The van der Waals surface area contributed by atoms with E-state index in [9.17, 15) is 13.6 Å². The molecule has 1 atom stereocenters. The number of hydrogen-bond donors (Lipinski definition) is 2. The zero-order valence-corrected chi connectivity index (χ0v) is 12.2. The molecule has 7 heteroatoms. The van der Waals surface area contributed by atoms with E-state index in [-0.39, 0.29) is 17.9 Å². The van der Waals surface area contributed by atoms with Gasteiger partial charge in [0.2, 0.25) is 5.95 Å². The van der Waals surface area contributed by atoms with Gasteiger partial charge in [0.1, 0.15) is 0 Å². The van der Waals surface area contributed by atoms with Crippen LogP contribution < -0.4 is 10.6 Å². The molecule has 116 valence electrons. The van der Waals surface area contributed by atoms with Crippen molar-refractivity contribution in [3.63, 3.8) is 0 Å². The molecule has 0 saturated heterocycles. The molecule has 1 amide bonds. The first kappa shape index (κ1) is 15.8. The number of halogens is 2. The number of anilines is 2. The number of rotatable bonds is 5. The minimum Gasteiger partial charge on any atom is -0.350 e. The van der Waals surface area contributed by atoms with E-state index in [1.165, 1.54) is 18.5 Å². The Morgan fingerprint density at radius 1 is 1.23 bits per heavy atom. The van der Waals surface area contributed by atoms with Crippen LogP contribution in [0.15, 0.2) is 30.6 Å². The second-order valence-electron chi connectivity index (χ2n) is 4.83. The summed E-state index contributed by atoms with van der Waals surface area (Å²) in [6.07, 6.45) is 3.56. The van der Waals surface area contributed by atoms with Gasteiger partial charge in [0.25, 0.3) is 5.91 Å². The number of nitrogens with zero attached hydrogens (tertiary/aromatic N) is 2. The highest BCUT2D eigenvalue weighted by molar-refractivity contribution is 5.93. The Kier molecular flexibility index (Phi) is 4.98. The van der Waals surface area contributed by atoms with Crippen molar-refractivity contribution in [3.8, 4) is 0 Å². The smallest absolute Gasteiger partial charge is 0.254 e. The number of nitrogens with one attached hydrogen (secondary N) is 2. The maximum atomic E-state index is 13.1. The third kappa shape index (κ3) is 3.97. The molecule has 0 aliphatic rings. The molecule has 1 heterocycles. The van der Waals surface area contributed by atoms with Crippen LogP contribution in [0.3, 0.4) is 0 Å². The van der Waals surface area contributed by atoms with E-state index < -0.39 is 11.6 Å². The summed E-state index contributed by atoms with van der Waals surface area (Å²) < 4.78 is 25.9. The second-order valence-corrected chi connectivity index (χ2v) is 4.83. The Labute approximate surface area is 126 Å². The van der Waals surface area contributed by atoms with Crippen LogP contribution in [0.4, 0.5) is 20.4 Å². The molecular weight excluding hydrogens is 290 g/mol. The van der Waals surface area contributed by atoms with Gasteiger partial charge in [0.15, 0.2) is 11.6 Å². The third-order valence-corrected chi connectivity index (χ3v) is 3.08. The maximum absolute atomic E-state index is 13.1. The topological polar surface area (TPSA) is 66.9 Å². The standard InChI is InChI=1S/C15H16F2N4O/c1-3-9(2)20-14(22)10-7-18-15(19-8-10)21-11-4-5-12(16)13(17)6-11/h4-9H,3H2,1-2H3,(H,20,22)(H,18,19,21). The molecule has 0 fully saturated rings. The van der Waals surface area contributed by atoms with Gasteiger partial charge in [-0.15, -0.1) is 0 Å². The second kappa shape index (κ2) is 6.93. The molecule has 2 aromatic rings. The lowest BCUT2D eigenvalue weighted by Crippen LogP contribution is -2.32. The zero-order valence-electron chi connectivity index (χ0n) is 12.2. The molecule has 0 bridgehead atoms. The highest BCUT2D eigenvalue weighted by atomic mass is 19.2. The Hall–Kier alpha value is -2.57. The number of amides is 1. The van der Waals surface area contributed by atoms with Gasteiger partial charge in [0, 0.05) is 30.2 Å². The van der Waals surface area contributed by atoms with Crippen LogP contribution in [0.2, 0.25) is 0 Å². The summed E-state index contributed by atoms with van der Waals surface area (Å²) in [7, 11) is 0. The monoisotopic (exact) mass is 306 g/mol. The zero-order chi connectivity index (χ0) is 16.1. The summed E-state index contributed by atoms with van der Waals surface area (Å²) in [5, 5.41) is 5.53. The van der Waals surface area contributed by atoms with Crippen molar-refractivity contribution in [1.82, 2.24) is 15.3 Å². The minimum absolute atomic E-state index is 0.0625. The quantitative estimate of drug-likeness (QED) is 0.891. The van der Waals surface area contributed by atoms with Crippen LogP contribution in [-0.4, -0.2) is 21.9 Å². The first-order chi connectivity index (χ1) is 10.5. The first-order valence-electron chi connectivity index (χ1n) is 6.84. The summed E-state index contributed by atoms with van der Waals surface area (Å²) in [6, 6.07) is 3.44. The van der Waals surface area contributed by atoms with Gasteiger partial charge < -0.3 is 10.6 Å². The average Bonchev–Trinajstić information content (AvgIpc) is 2.51. The van der Waals surface area contributed by atoms with E-state index in [1.54, 1.807) is 0 Å². The predicted octanol–water partition coefficient (Wildman–Crippen LogP) is 3.03. The lowest BCUT2D eigenvalue weighted by Gasteiger charge is -2.11. The lowest BCUT2D eigenvalue weighted by atomic mass is 10.2. The van der Waals surface area contributed by atoms with Crippen molar-refractivity contribution in [1.29, 1.82) is 0 Å². The molecular formula is C15H16F2N4O. The van der Waals surface area contributed by atoms with E-state index in [0.717, 1.165) is 18.6 Å².